The van der Waals surface area contributed by atoms with E-state index in [0.29, 0.717) is 12.1 Å². The molecule has 5 rings (SSSR count). The summed E-state index contributed by atoms with van der Waals surface area (Å²) in [6.07, 6.45) is 3.27. The molecule has 3 aromatic rings. The second-order valence-electron chi connectivity index (χ2n) is 7.14. The highest BCUT2D eigenvalue weighted by Gasteiger charge is 2.38. The average Bonchev–Trinajstić information content (AvgIpc) is 3.27. The van der Waals surface area contributed by atoms with Crippen molar-refractivity contribution in [1.29, 1.82) is 0 Å². The van der Waals surface area contributed by atoms with Crippen molar-refractivity contribution in [2.45, 2.75) is 31.3 Å². The second kappa shape index (κ2) is 8.78. The number of aromatic nitrogens is 1. The summed E-state index contributed by atoms with van der Waals surface area (Å²) in [5, 5.41) is 6.48. The molecular weight excluding hydrogens is 413 g/mol. The predicted molar refractivity (Wildman–Crippen MR) is 120 cm³/mol. The van der Waals surface area contributed by atoms with Crippen LogP contribution in [0.15, 0.2) is 47.8 Å². The lowest BCUT2D eigenvalue weighted by atomic mass is 10.0. The number of hydrogen-bond donors (Lipinski definition) is 1. The maximum absolute atomic E-state index is 13.6. The van der Waals surface area contributed by atoms with Crippen molar-refractivity contribution in [2.75, 3.05) is 13.1 Å². The molecule has 0 spiro atoms. The highest BCUT2D eigenvalue weighted by atomic mass is 35.5. The molecule has 2 bridgehead atoms. The van der Waals surface area contributed by atoms with Gasteiger partial charge < -0.3 is 10.2 Å². The van der Waals surface area contributed by atoms with Gasteiger partial charge in [0.05, 0.1) is 21.7 Å². The van der Waals surface area contributed by atoms with Crippen molar-refractivity contribution in [1.82, 2.24) is 15.2 Å². The third-order valence-corrected chi connectivity index (χ3v) is 6.50. The molecule has 7 heteroatoms. The lowest BCUT2D eigenvalue weighted by Gasteiger charge is -2.28. The van der Waals surface area contributed by atoms with Crippen molar-refractivity contribution in [3.05, 3.63) is 53.4 Å². The first kappa shape index (κ1) is 21.1. The van der Waals surface area contributed by atoms with Gasteiger partial charge in [-0.25, -0.2) is 4.98 Å². The van der Waals surface area contributed by atoms with Gasteiger partial charge in [-0.15, -0.1) is 36.2 Å². The number of hydrogen-bond acceptors (Lipinski definition) is 4. The van der Waals surface area contributed by atoms with Gasteiger partial charge in [-0.1, -0.05) is 24.3 Å². The summed E-state index contributed by atoms with van der Waals surface area (Å²) in [6, 6.07) is 14.8. The fraction of sp³-hybridized carbons (Fsp3) is 0.333. The maximum atomic E-state index is 13.6. The van der Waals surface area contributed by atoms with Crippen LogP contribution >= 0.6 is 36.2 Å². The molecule has 2 aliphatic rings. The van der Waals surface area contributed by atoms with E-state index >= 15 is 0 Å². The number of rotatable bonds is 2. The van der Waals surface area contributed by atoms with Crippen LogP contribution in [0.5, 0.6) is 0 Å². The average molecular weight is 436 g/mol. The van der Waals surface area contributed by atoms with E-state index in [-0.39, 0.29) is 30.7 Å². The Labute approximate surface area is 181 Å². The second-order valence-corrected chi connectivity index (χ2v) is 8.09. The largest absolute Gasteiger partial charge is 0.331 e. The Bertz CT molecular complexity index is 949. The zero-order valence-corrected chi connectivity index (χ0v) is 17.8. The van der Waals surface area contributed by atoms with E-state index in [1.165, 1.54) is 0 Å². The molecule has 2 saturated heterocycles. The fourth-order valence-corrected chi connectivity index (χ4v) is 5.04. The lowest BCUT2D eigenvalue weighted by Crippen LogP contribution is -2.42. The van der Waals surface area contributed by atoms with Gasteiger partial charge >= 0.3 is 0 Å². The number of carbonyl (C=O) groups is 1. The van der Waals surface area contributed by atoms with Gasteiger partial charge in [0.25, 0.3) is 5.91 Å². The van der Waals surface area contributed by atoms with Crippen LogP contribution in [0.3, 0.4) is 0 Å². The van der Waals surface area contributed by atoms with Gasteiger partial charge in [-0.2, -0.15) is 0 Å². The number of benzene rings is 1. The monoisotopic (exact) mass is 435 g/mol. The van der Waals surface area contributed by atoms with E-state index < -0.39 is 0 Å². The van der Waals surface area contributed by atoms with Crippen molar-refractivity contribution in [3.63, 3.8) is 0 Å². The Morgan fingerprint density at radius 2 is 1.89 bits per heavy atom. The zero-order chi connectivity index (χ0) is 17.5. The zero-order valence-electron chi connectivity index (χ0n) is 15.3. The number of nitrogens with zero attached hydrogens (tertiary/aromatic N) is 2. The van der Waals surface area contributed by atoms with Gasteiger partial charge in [-0.3, -0.25) is 4.79 Å². The molecule has 148 valence electrons. The molecule has 4 heterocycles. The Balaban J connectivity index is 0.00000112. The summed E-state index contributed by atoms with van der Waals surface area (Å²) >= 11 is 1.66. The van der Waals surface area contributed by atoms with Gasteiger partial charge in [0.15, 0.2) is 0 Å². The van der Waals surface area contributed by atoms with E-state index in [1.807, 2.05) is 41.8 Å². The first-order chi connectivity index (χ1) is 12.8. The molecule has 28 heavy (non-hydrogen) atoms. The minimum absolute atomic E-state index is 0. The van der Waals surface area contributed by atoms with Crippen molar-refractivity contribution >= 4 is 53.0 Å². The van der Waals surface area contributed by atoms with E-state index in [1.54, 1.807) is 11.3 Å². The summed E-state index contributed by atoms with van der Waals surface area (Å²) in [6.45, 7) is 1.91. The van der Waals surface area contributed by atoms with Gasteiger partial charge in [0.2, 0.25) is 0 Å². The van der Waals surface area contributed by atoms with Crippen LogP contribution in [-0.4, -0.2) is 41.0 Å². The number of thiophene rings is 1. The Morgan fingerprint density at radius 3 is 2.71 bits per heavy atom. The standard InChI is InChI=1S/C21H21N3OS.2ClH/c25-21(24-14-7-8-15(24)13-22-10-9-14)17-12-19(20-6-3-11-26-20)23-18-5-2-1-4-16(17)18;;/h1-6,11-12,14-15,22H,7-10,13H2;2*1H. The number of amides is 1. The molecule has 1 N–H and O–H groups in total. The number of halogens is 2. The quantitative estimate of drug-likeness (QED) is 0.629. The van der Waals surface area contributed by atoms with Crippen molar-refractivity contribution in [3.8, 4) is 10.6 Å². The number of carbonyl (C=O) groups excluding carboxylic acids is 1. The SMILES string of the molecule is Cl.Cl.O=C(c1cc(-c2cccs2)nc2ccccc12)N1C2CCNCC1CC2. The van der Waals surface area contributed by atoms with Crippen LogP contribution in [0.25, 0.3) is 21.5 Å². The molecule has 1 amide bonds. The van der Waals surface area contributed by atoms with Crippen LogP contribution in [-0.2, 0) is 0 Å². The first-order valence-corrected chi connectivity index (χ1v) is 10.2. The maximum Gasteiger partial charge on any atom is 0.255 e. The van der Waals surface area contributed by atoms with Gasteiger partial charge in [0.1, 0.15) is 0 Å². The summed E-state index contributed by atoms with van der Waals surface area (Å²) in [4.78, 5) is 21.7. The van der Waals surface area contributed by atoms with E-state index in [9.17, 15) is 4.79 Å². The molecule has 0 saturated carbocycles. The third-order valence-electron chi connectivity index (χ3n) is 5.61. The molecule has 1 aromatic carbocycles. The van der Waals surface area contributed by atoms with Crippen LogP contribution < -0.4 is 5.32 Å². The summed E-state index contributed by atoms with van der Waals surface area (Å²) in [7, 11) is 0. The highest BCUT2D eigenvalue weighted by Crippen LogP contribution is 2.33. The van der Waals surface area contributed by atoms with Crippen LogP contribution in [0.4, 0.5) is 0 Å². The third kappa shape index (κ3) is 3.64. The number of nitrogens with one attached hydrogen (secondary N) is 1. The number of fused-ring (bicyclic) bond motifs is 3. The molecule has 2 aliphatic heterocycles. The van der Waals surface area contributed by atoms with E-state index in [0.717, 1.165) is 59.4 Å². The predicted octanol–water partition coefficient (Wildman–Crippen LogP) is 4.77. The summed E-state index contributed by atoms with van der Waals surface area (Å²) in [5.41, 5.74) is 2.57. The van der Waals surface area contributed by atoms with Crippen LogP contribution in [0.2, 0.25) is 0 Å². The van der Waals surface area contributed by atoms with Crippen LogP contribution in [0, 0.1) is 0 Å². The highest BCUT2D eigenvalue weighted by molar-refractivity contribution is 7.13. The first-order valence-electron chi connectivity index (χ1n) is 9.28. The molecule has 0 radical (unpaired) electrons. The normalized spacial score (nSPS) is 20.9. The lowest BCUT2D eigenvalue weighted by molar-refractivity contribution is 0.0682. The Hall–Kier alpha value is -1.66. The van der Waals surface area contributed by atoms with E-state index in [2.05, 4.69) is 16.3 Å². The topological polar surface area (TPSA) is 45.2 Å². The van der Waals surface area contributed by atoms with Crippen molar-refractivity contribution in [2.24, 2.45) is 0 Å². The number of pyridine rings is 1. The minimum atomic E-state index is 0. The molecular formula is C21H23Cl2N3OS. The molecule has 2 unspecified atom stereocenters. The van der Waals surface area contributed by atoms with Crippen LogP contribution in [0.1, 0.15) is 29.6 Å². The fourth-order valence-electron chi connectivity index (χ4n) is 4.36. The van der Waals surface area contributed by atoms with Gasteiger partial charge in [-0.05, 0) is 49.4 Å². The summed E-state index contributed by atoms with van der Waals surface area (Å²) in [5.74, 6) is 0.164. The Morgan fingerprint density at radius 1 is 1.07 bits per heavy atom. The summed E-state index contributed by atoms with van der Waals surface area (Å²) < 4.78 is 0. The molecule has 2 aromatic heterocycles. The molecule has 4 nitrogen and oxygen atoms in total. The van der Waals surface area contributed by atoms with Gasteiger partial charge in [0, 0.05) is 24.0 Å². The minimum Gasteiger partial charge on any atom is -0.331 e. The Kier molecular flexibility index (Phi) is 6.61. The van der Waals surface area contributed by atoms with E-state index in [4.69, 9.17) is 4.98 Å². The number of para-hydroxylation sites is 1. The smallest absolute Gasteiger partial charge is 0.255 e. The molecule has 0 aliphatic carbocycles. The molecule has 2 atom stereocenters. The molecule has 2 fully saturated rings. The van der Waals surface area contributed by atoms with Crippen molar-refractivity contribution < 1.29 is 4.79 Å².